The molecule has 4 rings (SSSR count). The molecule has 3 atom stereocenters. The van der Waals surface area contributed by atoms with Crippen LogP contribution in [0.1, 0.15) is 20.3 Å². The normalized spacial score (nSPS) is 19.3. The second-order valence-corrected chi connectivity index (χ2v) is 10.3. The Balaban J connectivity index is 1.45. The molecule has 1 heterocycles. The molecule has 0 aromatic heterocycles. The highest BCUT2D eigenvalue weighted by Gasteiger charge is 2.25. The van der Waals surface area contributed by atoms with E-state index < -0.39 is 34.0 Å². The van der Waals surface area contributed by atoms with Crippen molar-refractivity contribution in [2.24, 2.45) is 10.2 Å². The van der Waals surface area contributed by atoms with Gasteiger partial charge in [0.25, 0.3) is 5.91 Å². The smallest absolute Gasteiger partial charge is 0.258 e. The van der Waals surface area contributed by atoms with Crippen molar-refractivity contribution in [3.63, 3.8) is 0 Å². The standard InChI is InChI=1S/C25H28N6O4S/c1-16-14-15-26-25(27-16)31-36(34,35)20-12-10-19(11-13-20)29-30-23(17(2)32)24(33)28-22-9-5-7-18-6-3-4-8-21(18)22/h3-13,16,23,25-27,31H,14-15H2,1-2H3,(H,28,33)/t16-,23+,25+/m1/s1. The summed E-state index contributed by atoms with van der Waals surface area (Å²) in [5.41, 5.74) is 0.874. The van der Waals surface area contributed by atoms with Gasteiger partial charge in [-0.1, -0.05) is 36.4 Å². The lowest BCUT2D eigenvalue weighted by Gasteiger charge is -2.30. The molecule has 0 unspecified atom stereocenters. The third-order valence-electron chi connectivity index (χ3n) is 5.77. The quantitative estimate of drug-likeness (QED) is 0.272. The number of benzene rings is 3. The lowest BCUT2D eigenvalue weighted by molar-refractivity contribution is -0.126. The third kappa shape index (κ3) is 6.18. The van der Waals surface area contributed by atoms with Gasteiger partial charge in [-0.3, -0.25) is 20.2 Å². The number of carbonyl (C=O) groups is 2. The maximum Gasteiger partial charge on any atom is 0.258 e. The molecule has 1 amide bonds. The van der Waals surface area contributed by atoms with Crippen LogP contribution in [0.25, 0.3) is 10.8 Å². The molecular formula is C25H28N6O4S. The lowest BCUT2D eigenvalue weighted by Crippen LogP contribution is -2.61. The molecule has 4 N–H and O–H groups in total. The number of hydrogen-bond acceptors (Lipinski definition) is 8. The summed E-state index contributed by atoms with van der Waals surface area (Å²) < 4.78 is 27.9. The van der Waals surface area contributed by atoms with Crippen molar-refractivity contribution in [2.45, 2.75) is 43.5 Å². The van der Waals surface area contributed by atoms with Gasteiger partial charge < -0.3 is 5.32 Å². The fourth-order valence-corrected chi connectivity index (χ4v) is 4.93. The number of sulfonamides is 1. The number of nitrogens with zero attached hydrogens (tertiary/aromatic N) is 2. The predicted molar refractivity (Wildman–Crippen MR) is 137 cm³/mol. The second-order valence-electron chi connectivity index (χ2n) is 8.60. The molecule has 1 saturated heterocycles. The van der Waals surface area contributed by atoms with Gasteiger partial charge in [0.15, 0.2) is 5.78 Å². The van der Waals surface area contributed by atoms with E-state index in [0.29, 0.717) is 17.9 Å². The largest absolute Gasteiger partial charge is 0.323 e. The summed E-state index contributed by atoms with van der Waals surface area (Å²) in [7, 11) is -3.78. The molecule has 188 valence electrons. The van der Waals surface area contributed by atoms with Crippen molar-refractivity contribution in [2.75, 3.05) is 11.9 Å². The van der Waals surface area contributed by atoms with E-state index >= 15 is 0 Å². The molecule has 36 heavy (non-hydrogen) atoms. The fourth-order valence-electron chi connectivity index (χ4n) is 3.84. The Kier molecular flexibility index (Phi) is 7.85. The van der Waals surface area contributed by atoms with Gasteiger partial charge in [0.2, 0.25) is 16.1 Å². The monoisotopic (exact) mass is 508 g/mol. The zero-order chi connectivity index (χ0) is 25.7. The van der Waals surface area contributed by atoms with Crippen molar-refractivity contribution in [1.29, 1.82) is 0 Å². The van der Waals surface area contributed by atoms with Gasteiger partial charge in [0, 0.05) is 17.1 Å². The molecule has 0 saturated carbocycles. The van der Waals surface area contributed by atoms with Crippen molar-refractivity contribution < 1.29 is 18.0 Å². The highest BCUT2D eigenvalue weighted by Crippen LogP contribution is 2.24. The number of amides is 1. The lowest BCUT2D eigenvalue weighted by atomic mass is 10.1. The van der Waals surface area contributed by atoms with Crippen molar-refractivity contribution in [1.82, 2.24) is 15.4 Å². The average molecular weight is 509 g/mol. The van der Waals surface area contributed by atoms with Crippen LogP contribution in [-0.4, -0.2) is 45.0 Å². The first kappa shape index (κ1) is 25.6. The number of fused-ring (bicyclic) bond motifs is 1. The van der Waals surface area contributed by atoms with Gasteiger partial charge in [0.1, 0.15) is 6.29 Å². The number of rotatable bonds is 8. The molecule has 11 heteroatoms. The minimum atomic E-state index is -3.78. The first-order valence-corrected chi connectivity index (χ1v) is 13.0. The minimum Gasteiger partial charge on any atom is -0.323 e. The molecule has 3 aromatic rings. The Hall–Kier alpha value is -3.51. The predicted octanol–water partition coefficient (Wildman–Crippen LogP) is 3.05. The maximum absolute atomic E-state index is 12.8. The maximum atomic E-state index is 12.8. The van der Waals surface area contributed by atoms with Crippen LogP contribution in [-0.2, 0) is 19.6 Å². The van der Waals surface area contributed by atoms with E-state index in [0.717, 1.165) is 17.2 Å². The van der Waals surface area contributed by atoms with Crippen molar-refractivity contribution in [3.8, 4) is 0 Å². The minimum absolute atomic E-state index is 0.0556. The Labute approximate surface area is 209 Å². The van der Waals surface area contributed by atoms with Crippen molar-refractivity contribution >= 4 is 43.9 Å². The molecule has 0 spiro atoms. The van der Waals surface area contributed by atoms with E-state index in [9.17, 15) is 18.0 Å². The number of azo groups is 1. The Bertz CT molecular complexity index is 1390. The van der Waals surface area contributed by atoms with Gasteiger partial charge in [-0.15, -0.1) is 0 Å². The third-order valence-corrected chi connectivity index (χ3v) is 7.21. The number of nitrogens with one attached hydrogen (secondary N) is 4. The van der Waals surface area contributed by atoms with Crippen LogP contribution in [0.5, 0.6) is 0 Å². The van der Waals surface area contributed by atoms with Crippen LogP contribution >= 0.6 is 0 Å². The average Bonchev–Trinajstić information content (AvgIpc) is 2.84. The molecule has 1 aliphatic rings. The molecule has 10 nitrogen and oxygen atoms in total. The van der Waals surface area contributed by atoms with E-state index in [1.165, 1.54) is 31.2 Å². The van der Waals surface area contributed by atoms with E-state index in [-0.39, 0.29) is 10.9 Å². The fraction of sp³-hybridized carbons (Fsp3) is 0.280. The zero-order valence-electron chi connectivity index (χ0n) is 19.9. The van der Waals surface area contributed by atoms with Crippen LogP contribution in [0.3, 0.4) is 0 Å². The van der Waals surface area contributed by atoms with Gasteiger partial charge in [-0.05, 0) is 62.5 Å². The van der Waals surface area contributed by atoms with Gasteiger partial charge in [-0.2, -0.15) is 15.0 Å². The molecule has 1 fully saturated rings. The summed E-state index contributed by atoms with van der Waals surface area (Å²) in [6, 6.07) is 17.6. The molecule has 0 bridgehead atoms. The van der Waals surface area contributed by atoms with Gasteiger partial charge >= 0.3 is 0 Å². The molecule has 0 aliphatic carbocycles. The highest BCUT2D eigenvalue weighted by atomic mass is 32.2. The molecule has 0 radical (unpaired) electrons. The number of Topliss-reactive ketones (excluding diaryl/α,β-unsaturated/α-hetero) is 1. The summed E-state index contributed by atoms with van der Waals surface area (Å²) in [4.78, 5) is 25.0. The van der Waals surface area contributed by atoms with Gasteiger partial charge in [-0.25, -0.2) is 8.42 Å². The summed E-state index contributed by atoms with van der Waals surface area (Å²) in [6.07, 6.45) is 0.341. The number of anilines is 1. The van der Waals surface area contributed by atoms with E-state index in [1.54, 1.807) is 6.07 Å². The van der Waals surface area contributed by atoms with Crippen LogP contribution in [0, 0.1) is 0 Å². The van der Waals surface area contributed by atoms with E-state index in [2.05, 4.69) is 30.9 Å². The summed E-state index contributed by atoms with van der Waals surface area (Å²) >= 11 is 0. The zero-order valence-corrected chi connectivity index (χ0v) is 20.7. The van der Waals surface area contributed by atoms with Crippen LogP contribution in [0.15, 0.2) is 81.9 Å². The highest BCUT2D eigenvalue weighted by molar-refractivity contribution is 7.89. The summed E-state index contributed by atoms with van der Waals surface area (Å²) in [5.74, 6) is -1.07. The van der Waals surface area contributed by atoms with Crippen molar-refractivity contribution in [3.05, 3.63) is 66.7 Å². The molecular weight excluding hydrogens is 480 g/mol. The second kappa shape index (κ2) is 11.0. The Morgan fingerprint density at radius 2 is 1.75 bits per heavy atom. The molecule has 1 aliphatic heterocycles. The van der Waals surface area contributed by atoms with E-state index in [4.69, 9.17) is 0 Å². The number of carbonyl (C=O) groups excluding carboxylic acids is 2. The van der Waals surface area contributed by atoms with Crippen LogP contribution < -0.4 is 20.7 Å². The van der Waals surface area contributed by atoms with Crippen LogP contribution in [0.4, 0.5) is 11.4 Å². The summed E-state index contributed by atoms with van der Waals surface area (Å²) in [6.45, 7) is 3.95. The Morgan fingerprint density at radius 3 is 2.47 bits per heavy atom. The van der Waals surface area contributed by atoms with Crippen LogP contribution in [0.2, 0.25) is 0 Å². The SMILES string of the molecule is CC(=O)[C@H](N=Nc1ccc(S(=O)(=O)N[C@H]2NCC[C@@H](C)N2)cc1)C(=O)Nc1cccc2ccccc12. The number of ketones is 1. The number of hydrogen-bond donors (Lipinski definition) is 4. The van der Waals surface area contributed by atoms with Gasteiger partial charge in [0.05, 0.1) is 10.6 Å². The summed E-state index contributed by atoms with van der Waals surface area (Å²) in [5, 5.41) is 18.7. The Morgan fingerprint density at radius 1 is 1.03 bits per heavy atom. The molecule has 3 aromatic carbocycles. The van der Waals surface area contributed by atoms with E-state index in [1.807, 2.05) is 43.3 Å². The topological polar surface area (TPSA) is 141 Å². The first-order valence-electron chi connectivity index (χ1n) is 11.5. The first-order chi connectivity index (χ1) is 17.2.